The van der Waals surface area contributed by atoms with Gasteiger partial charge in [-0.3, -0.25) is 4.99 Å². The molecular weight excluding hydrogens is 222 g/mol. The van der Waals surface area contributed by atoms with Gasteiger partial charge < -0.3 is 5.43 Å². The topological polar surface area (TPSA) is 50.4 Å². The zero-order chi connectivity index (χ0) is 11.4. The van der Waals surface area contributed by atoms with Crippen LogP contribution in [0.3, 0.4) is 0 Å². The van der Waals surface area contributed by atoms with Gasteiger partial charge in [0.2, 0.25) is 0 Å². The first-order valence-corrected chi connectivity index (χ1v) is 5.98. The van der Waals surface area contributed by atoms with E-state index in [0.29, 0.717) is 16.9 Å². The molecule has 1 aromatic carbocycles. The molecule has 0 spiro atoms. The lowest BCUT2D eigenvalue weighted by Gasteiger charge is -2.10. The third-order valence-corrected chi connectivity index (χ3v) is 3.23. The Morgan fingerprint density at radius 2 is 2.00 bits per heavy atom. The maximum Gasteiger partial charge on any atom is 0.144 e. The molecule has 0 heterocycles. The fraction of sp³-hybridized carbons (Fsp3) is 0.417. The summed E-state index contributed by atoms with van der Waals surface area (Å²) < 4.78 is 0. The molecule has 3 nitrogen and oxygen atoms in total. The monoisotopic (exact) mass is 237 g/mol. The predicted molar refractivity (Wildman–Crippen MR) is 67.6 cm³/mol. The summed E-state index contributed by atoms with van der Waals surface area (Å²) in [6, 6.07) is 7.99. The minimum Gasteiger partial charge on any atom is -0.308 e. The summed E-state index contributed by atoms with van der Waals surface area (Å²) in [6.07, 6.45) is 4.81. The fourth-order valence-corrected chi connectivity index (χ4v) is 2.28. The molecule has 1 saturated carbocycles. The molecule has 0 amide bonds. The Balaban J connectivity index is 2.24. The molecule has 0 radical (unpaired) electrons. The SMILES string of the molecule is NNC(=NC1CCCC1)c1ccccc1Cl. The van der Waals surface area contributed by atoms with Crippen molar-refractivity contribution in [3.63, 3.8) is 0 Å². The van der Waals surface area contributed by atoms with E-state index in [0.717, 1.165) is 18.4 Å². The van der Waals surface area contributed by atoms with Gasteiger partial charge in [0.15, 0.2) is 0 Å². The first kappa shape index (κ1) is 11.4. The van der Waals surface area contributed by atoms with Crippen molar-refractivity contribution in [2.24, 2.45) is 10.8 Å². The summed E-state index contributed by atoms with van der Waals surface area (Å²) in [4.78, 5) is 4.62. The van der Waals surface area contributed by atoms with Crippen LogP contribution in [0.25, 0.3) is 0 Å². The van der Waals surface area contributed by atoms with Gasteiger partial charge in [-0.05, 0) is 25.0 Å². The van der Waals surface area contributed by atoms with Gasteiger partial charge in [0, 0.05) is 5.56 Å². The Morgan fingerprint density at radius 3 is 2.62 bits per heavy atom. The van der Waals surface area contributed by atoms with Gasteiger partial charge in [0.1, 0.15) is 5.84 Å². The van der Waals surface area contributed by atoms with Gasteiger partial charge in [0.25, 0.3) is 0 Å². The smallest absolute Gasteiger partial charge is 0.144 e. The van der Waals surface area contributed by atoms with E-state index in [2.05, 4.69) is 10.4 Å². The first-order chi connectivity index (χ1) is 7.81. The van der Waals surface area contributed by atoms with Crippen LogP contribution in [0.4, 0.5) is 0 Å². The number of nitrogens with zero attached hydrogens (tertiary/aromatic N) is 1. The Hall–Kier alpha value is -1.06. The summed E-state index contributed by atoms with van der Waals surface area (Å²) in [5, 5.41) is 0.678. The van der Waals surface area contributed by atoms with Crippen LogP contribution in [-0.2, 0) is 0 Å². The minimum absolute atomic E-state index is 0.391. The van der Waals surface area contributed by atoms with Gasteiger partial charge in [0.05, 0.1) is 11.1 Å². The van der Waals surface area contributed by atoms with Gasteiger partial charge in [-0.2, -0.15) is 0 Å². The van der Waals surface area contributed by atoms with E-state index >= 15 is 0 Å². The van der Waals surface area contributed by atoms with Crippen molar-refractivity contribution in [3.8, 4) is 0 Å². The van der Waals surface area contributed by atoms with Crippen molar-refractivity contribution in [3.05, 3.63) is 34.9 Å². The van der Waals surface area contributed by atoms with Crippen molar-refractivity contribution < 1.29 is 0 Å². The zero-order valence-corrected chi connectivity index (χ0v) is 9.87. The fourth-order valence-electron chi connectivity index (χ4n) is 2.05. The molecule has 86 valence electrons. The predicted octanol–water partition coefficient (Wildman–Crippen LogP) is 2.49. The largest absolute Gasteiger partial charge is 0.308 e. The third-order valence-electron chi connectivity index (χ3n) is 2.90. The Kier molecular flexibility index (Phi) is 3.80. The van der Waals surface area contributed by atoms with Gasteiger partial charge >= 0.3 is 0 Å². The molecule has 16 heavy (non-hydrogen) atoms. The van der Waals surface area contributed by atoms with Crippen LogP contribution >= 0.6 is 11.6 Å². The van der Waals surface area contributed by atoms with E-state index < -0.39 is 0 Å². The maximum atomic E-state index is 6.11. The molecule has 1 aliphatic carbocycles. The minimum atomic E-state index is 0.391. The molecule has 0 atom stereocenters. The summed E-state index contributed by atoms with van der Waals surface area (Å²) in [6.45, 7) is 0. The van der Waals surface area contributed by atoms with Crippen molar-refractivity contribution in [1.29, 1.82) is 0 Å². The normalized spacial score (nSPS) is 17.8. The average molecular weight is 238 g/mol. The molecule has 4 heteroatoms. The van der Waals surface area contributed by atoms with E-state index in [4.69, 9.17) is 17.4 Å². The van der Waals surface area contributed by atoms with Crippen LogP contribution in [0.5, 0.6) is 0 Å². The molecule has 0 saturated heterocycles. The number of halogens is 1. The van der Waals surface area contributed by atoms with Crippen LogP contribution < -0.4 is 11.3 Å². The Bertz CT molecular complexity index is 384. The van der Waals surface area contributed by atoms with Crippen LogP contribution in [0.15, 0.2) is 29.3 Å². The molecule has 1 aromatic rings. The molecule has 3 N–H and O–H groups in total. The highest BCUT2D eigenvalue weighted by Crippen LogP contribution is 2.22. The average Bonchev–Trinajstić information content (AvgIpc) is 2.80. The lowest BCUT2D eigenvalue weighted by Crippen LogP contribution is -2.32. The van der Waals surface area contributed by atoms with E-state index in [1.807, 2.05) is 24.3 Å². The van der Waals surface area contributed by atoms with E-state index in [1.165, 1.54) is 12.8 Å². The first-order valence-electron chi connectivity index (χ1n) is 5.60. The molecule has 0 unspecified atom stereocenters. The molecule has 1 aliphatic rings. The second kappa shape index (κ2) is 5.32. The number of hydrazine groups is 1. The van der Waals surface area contributed by atoms with E-state index in [9.17, 15) is 0 Å². The highest BCUT2D eigenvalue weighted by atomic mass is 35.5. The number of hydrogen-bond donors (Lipinski definition) is 2. The van der Waals surface area contributed by atoms with E-state index in [-0.39, 0.29) is 0 Å². The van der Waals surface area contributed by atoms with Crippen molar-refractivity contribution >= 4 is 17.4 Å². The maximum absolute atomic E-state index is 6.11. The number of nitrogens with two attached hydrogens (primary N) is 1. The van der Waals surface area contributed by atoms with Crippen LogP contribution in [0.2, 0.25) is 5.02 Å². The van der Waals surface area contributed by atoms with Crippen LogP contribution in [-0.4, -0.2) is 11.9 Å². The Morgan fingerprint density at radius 1 is 1.31 bits per heavy atom. The number of nitrogens with one attached hydrogen (secondary N) is 1. The summed E-state index contributed by atoms with van der Waals surface area (Å²) in [5.41, 5.74) is 3.53. The second-order valence-corrected chi connectivity index (χ2v) is 4.45. The zero-order valence-electron chi connectivity index (χ0n) is 9.12. The molecule has 0 bridgehead atoms. The number of hydrogen-bond acceptors (Lipinski definition) is 2. The third kappa shape index (κ3) is 2.54. The van der Waals surface area contributed by atoms with Gasteiger partial charge in [-0.25, -0.2) is 5.84 Å². The number of aliphatic imine (C=N–C) groups is 1. The van der Waals surface area contributed by atoms with E-state index in [1.54, 1.807) is 0 Å². The van der Waals surface area contributed by atoms with Gasteiger partial charge in [-0.15, -0.1) is 0 Å². The quantitative estimate of drug-likeness (QED) is 0.359. The number of rotatable bonds is 2. The molecule has 1 fully saturated rings. The van der Waals surface area contributed by atoms with Crippen LogP contribution in [0, 0.1) is 0 Å². The van der Waals surface area contributed by atoms with Crippen molar-refractivity contribution in [2.75, 3.05) is 0 Å². The van der Waals surface area contributed by atoms with Gasteiger partial charge in [-0.1, -0.05) is 36.6 Å². The van der Waals surface area contributed by atoms with Crippen molar-refractivity contribution in [1.82, 2.24) is 5.43 Å². The number of benzene rings is 1. The lowest BCUT2D eigenvalue weighted by atomic mass is 10.2. The molecule has 0 aliphatic heterocycles. The van der Waals surface area contributed by atoms with Crippen molar-refractivity contribution in [2.45, 2.75) is 31.7 Å². The molecular formula is C12H16ClN3. The standard InChI is InChI=1S/C12H16ClN3/c13-11-8-4-3-7-10(11)12(16-14)15-9-5-1-2-6-9/h3-4,7-9H,1-2,5-6,14H2,(H,15,16). The Labute approximate surface area is 101 Å². The van der Waals surface area contributed by atoms with Crippen LogP contribution in [0.1, 0.15) is 31.2 Å². The summed E-state index contributed by atoms with van der Waals surface area (Å²) >= 11 is 6.11. The molecule has 2 rings (SSSR count). The summed E-state index contributed by atoms with van der Waals surface area (Å²) in [5.74, 6) is 6.20. The highest BCUT2D eigenvalue weighted by molar-refractivity contribution is 6.34. The second-order valence-electron chi connectivity index (χ2n) is 4.04. The highest BCUT2D eigenvalue weighted by Gasteiger charge is 2.15. The summed E-state index contributed by atoms with van der Waals surface area (Å²) in [7, 11) is 0. The lowest BCUT2D eigenvalue weighted by molar-refractivity contribution is 0.701. The molecule has 0 aromatic heterocycles. The number of amidine groups is 1.